The van der Waals surface area contributed by atoms with E-state index in [9.17, 15) is 9.59 Å². The summed E-state index contributed by atoms with van der Waals surface area (Å²) in [5, 5.41) is 2.64. The summed E-state index contributed by atoms with van der Waals surface area (Å²) in [7, 11) is 1.86. The molecule has 2 heterocycles. The number of carbonyl (C=O) groups excluding carboxylic acids is 2. The maximum atomic E-state index is 12.4. The van der Waals surface area contributed by atoms with Crippen LogP contribution in [0.4, 0.5) is 4.79 Å². The van der Waals surface area contributed by atoms with Crippen molar-refractivity contribution in [1.29, 1.82) is 0 Å². The Morgan fingerprint density at radius 1 is 1.41 bits per heavy atom. The van der Waals surface area contributed by atoms with Gasteiger partial charge in [-0.25, -0.2) is 4.79 Å². The van der Waals surface area contributed by atoms with E-state index in [4.69, 9.17) is 9.47 Å². The zero-order valence-corrected chi connectivity index (χ0v) is 12.7. The summed E-state index contributed by atoms with van der Waals surface area (Å²) >= 11 is 0. The average Bonchev–Trinajstić information content (AvgIpc) is 3.13. The van der Waals surface area contributed by atoms with Crippen molar-refractivity contribution < 1.29 is 19.1 Å². The molecule has 1 aromatic carbocycles. The SMILES string of the molecule is C[C@H](C(=O)N1CCNC1=O)N(C)Cc1ccc2c(c1)OCO2. The molecule has 2 aliphatic heterocycles. The van der Waals surface area contributed by atoms with Gasteiger partial charge in [0.25, 0.3) is 0 Å². The van der Waals surface area contributed by atoms with E-state index >= 15 is 0 Å². The number of hydrogen-bond acceptors (Lipinski definition) is 5. The van der Waals surface area contributed by atoms with Gasteiger partial charge in [0.2, 0.25) is 12.7 Å². The van der Waals surface area contributed by atoms with Gasteiger partial charge in [-0.3, -0.25) is 14.6 Å². The number of hydrogen-bond donors (Lipinski definition) is 1. The number of urea groups is 1. The molecule has 7 heteroatoms. The number of nitrogens with zero attached hydrogens (tertiary/aromatic N) is 2. The highest BCUT2D eigenvalue weighted by Crippen LogP contribution is 2.32. The van der Waals surface area contributed by atoms with Gasteiger partial charge in [0.1, 0.15) is 0 Å². The van der Waals surface area contributed by atoms with E-state index < -0.39 is 0 Å². The predicted molar refractivity (Wildman–Crippen MR) is 78.6 cm³/mol. The van der Waals surface area contributed by atoms with Crippen LogP contribution in [0.15, 0.2) is 18.2 Å². The number of fused-ring (bicyclic) bond motifs is 1. The molecule has 1 fully saturated rings. The number of amides is 3. The van der Waals surface area contributed by atoms with Gasteiger partial charge in [-0.1, -0.05) is 6.07 Å². The first-order valence-corrected chi connectivity index (χ1v) is 7.24. The lowest BCUT2D eigenvalue weighted by molar-refractivity contribution is -0.132. The molecule has 1 aromatic rings. The summed E-state index contributed by atoms with van der Waals surface area (Å²) in [4.78, 5) is 27.1. The van der Waals surface area contributed by atoms with E-state index in [1.807, 2.05) is 30.1 Å². The lowest BCUT2D eigenvalue weighted by Gasteiger charge is -2.26. The van der Waals surface area contributed by atoms with Gasteiger partial charge in [0.15, 0.2) is 11.5 Å². The minimum Gasteiger partial charge on any atom is -0.454 e. The fraction of sp³-hybridized carbons (Fsp3) is 0.467. The van der Waals surface area contributed by atoms with Gasteiger partial charge in [-0.15, -0.1) is 0 Å². The summed E-state index contributed by atoms with van der Waals surface area (Å²) in [5.41, 5.74) is 1.03. The van der Waals surface area contributed by atoms with Crippen molar-refractivity contribution in [3.05, 3.63) is 23.8 Å². The Morgan fingerprint density at radius 3 is 2.91 bits per heavy atom. The zero-order chi connectivity index (χ0) is 15.7. The fourth-order valence-corrected chi connectivity index (χ4v) is 2.56. The van der Waals surface area contributed by atoms with Crippen LogP contribution in [0.3, 0.4) is 0 Å². The van der Waals surface area contributed by atoms with Crippen molar-refractivity contribution >= 4 is 11.9 Å². The second kappa shape index (κ2) is 5.84. The van der Waals surface area contributed by atoms with Crippen LogP contribution in [0.1, 0.15) is 12.5 Å². The second-order valence-corrected chi connectivity index (χ2v) is 5.50. The number of nitrogens with one attached hydrogen (secondary N) is 1. The molecule has 0 spiro atoms. The lowest BCUT2D eigenvalue weighted by Crippen LogP contribution is -2.46. The third-order valence-corrected chi connectivity index (χ3v) is 4.01. The first-order chi connectivity index (χ1) is 10.6. The first kappa shape index (κ1) is 14.6. The highest BCUT2D eigenvalue weighted by atomic mass is 16.7. The lowest BCUT2D eigenvalue weighted by atomic mass is 10.1. The first-order valence-electron chi connectivity index (χ1n) is 7.24. The average molecular weight is 305 g/mol. The molecule has 3 amide bonds. The fourth-order valence-electron chi connectivity index (χ4n) is 2.56. The van der Waals surface area contributed by atoms with Crippen LogP contribution in [-0.2, 0) is 11.3 Å². The van der Waals surface area contributed by atoms with Gasteiger partial charge in [-0.05, 0) is 31.7 Å². The van der Waals surface area contributed by atoms with Crippen molar-refractivity contribution in [1.82, 2.24) is 15.1 Å². The Labute approximate surface area is 128 Å². The van der Waals surface area contributed by atoms with Gasteiger partial charge >= 0.3 is 6.03 Å². The summed E-state index contributed by atoms with van der Waals surface area (Å²) in [6.45, 7) is 3.58. The molecule has 0 aliphatic carbocycles. The third-order valence-electron chi connectivity index (χ3n) is 4.01. The molecule has 0 bridgehead atoms. The van der Waals surface area contributed by atoms with Crippen molar-refractivity contribution in [3.8, 4) is 11.5 Å². The smallest absolute Gasteiger partial charge is 0.324 e. The Kier molecular flexibility index (Phi) is 3.89. The maximum Gasteiger partial charge on any atom is 0.324 e. The Morgan fingerprint density at radius 2 is 2.18 bits per heavy atom. The van der Waals surface area contributed by atoms with Gasteiger partial charge < -0.3 is 14.8 Å². The third kappa shape index (κ3) is 2.71. The van der Waals surface area contributed by atoms with Crippen molar-refractivity contribution in [3.63, 3.8) is 0 Å². The Balaban J connectivity index is 1.64. The van der Waals surface area contributed by atoms with Crippen LogP contribution in [0.5, 0.6) is 11.5 Å². The number of imide groups is 1. The molecular formula is C15H19N3O4. The molecule has 0 saturated carbocycles. The molecule has 22 heavy (non-hydrogen) atoms. The predicted octanol–water partition coefficient (Wildman–Crippen LogP) is 0.787. The second-order valence-electron chi connectivity index (χ2n) is 5.50. The van der Waals surface area contributed by atoms with Crippen molar-refractivity contribution in [2.45, 2.75) is 19.5 Å². The standard InChI is InChI=1S/C15H19N3O4/c1-10(14(19)18-6-5-16-15(18)20)17(2)8-11-3-4-12-13(7-11)22-9-21-12/h3-4,7,10H,5-6,8-9H2,1-2H3,(H,16,20)/t10-/m1/s1. The highest BCUT2D eigenvalue weighted by molar-refractivity contribution is 5.98. The quantitative estimate of drug-likeness (QED) is 0.890. The number of benzene rings is 1. The minimum absolute atomic E-state index is 0.182. The van der Waals surface area contributed by atoms with Crippen molar-refractivity contribution in [2.24, 2.45) is 0 Å². The molecule has 3 rings (SSSR count). The Bertz CT molecular complexity index is 604. The molecule has 1 atom stereocenters. The van der Waals surface area contributed by atoms with E-state index in [0.29, 0.717) is 19.6 Å². The van der Waals surface area contributed by atoms with E-state index in [0.717, 1.165) is 17.1 Å². The molecule has 7 nitrogen and oxygen atoms in total. The van der Waals surface area contributed by atoms with E-state index in [1.165, 1.54) is 4.90 Å². The number of likely N-dealkylation sites (N-methyl/N-ethyl adjacent to an activating group) is 1. The monoisotopic (exact) mass is 305 g/mol. The molecule has 118 valence electrons. The molecule has 0 aromatic heterocycles. The molecule has 2 aliphatic rings. The molecule has 1 N–H and O–H groups in total. The highest BCUT2D eigenvalue weighted by Gasteiger charge is 2.31. The minimum atomic E-state index is -0.380. The van der Waals surface area contributed by atoms with Crippen molar-refractivity contribution in [2.75, 3.05) is 26.9 Å². The largest absolute Gasteiger partial charge is 0.454 e. The van der Waals surface area contributed by atoms with Crippen LogP contribution in [0.25, 0.3) is 0 Å². The molecule has 0 unspecified atom stereocenters. The van der Waals surface area contributed by atoms with Crippen LogP contribution in [0, 0.1) is 0 Å². The maximum absolute atomic E-state index is 12.4. The molecule has 1 saturated heterocycles. The van der Waals surface area contributed by atoms with Gasteiger partial charge in [0.05, 0.1) is 6.04 Å². The summed E-state index contributed by atoms with van der Waals surface area (Å²) < 4.78 is 10.6. The Hall–Kier alpha value is -2.28. The summed E-state index contributed by atoms with van der Waals surface area (Å²) in [5.74, 6) is 1.28. The van der Waals surface area contributed by atoms with Crippen LogP contribution in [-0.4, -0.2) is 54.7 Å². The van der Waals surface area contributed by atoms with Crippen LogP contribution in [0.2, 0.25) is 0 Å². The summed E-state index contributed by atoms with van der Waals surface area (Å²) in [6.07, 6.45) is 0. The van der Waals surface area contributed by atoms with E-state index in [2.05, 4.69) is 5.32 Å². The number of ether oxygens (including phenoxy) is 2. The summed E-state index contributed by atoms with van der Waals surface area (Å²) in [6, 6.07) is 5.04. The number of rotatable bonds is 4. The van der Waals surface area contributed by atoms with E-state index in [1.54, 1.807) is 6.92 Å². The van der Waals surface area contributed by atoms with Gasteiger partial charge in [0, 0.05) is 19.6 Å². The van der Waals surface area contributed by atoms with Gasteiger partial charge in [-0.2, -0.15) is 0 Å². The topological polar surface area (TPSA) is 71.1 Å². The number of carbonyl (C=O) groups is 2. The van der Waals surface area contributed by atoms with Crippen LogP contribution < -0.4 is 14.8 Å². The van der Waals surface area contributed by atoms with Crippen LogP contribution >= 0.6 is 0 Å². The van der Waals surface area contributed by atoms with E-state index in [-0.39, 0.29) is 24.8 Å². The zero-order valence-electron chi connectivity index (χ0n) is 12.7. The molecular weight excluding hydrogens is 286 g/mol. The normalized spacial score (nSPS) is 17.8. The molecule has 0 radical (unpaired) electrons.